The third kappa shape index (κ3) is 1.83. The number of H-pyrrole nitrogens is 1. The summed E-state index contributed by atoms with van der Waals surface area (Å²) in [4.78, 5) is 7.44. The molecule has 0 unspecified atom stereocenters. The monoisotopic (exact) mass is 253 g/mol. The molecule has 74 valence electrons. The van der Waals surface area contributed by atoms with Gasteiger partial charge < -0.3 is 4.98 Å². The molecule has 1 heterocycles. The molecular weight excluding hydrogens is 242 g/mol. The second kappa shape index (κ2) is 4.14. The zero-order valence-electron chi connectivity index (χ0n) is 7.89. The lowest BCUT2D eigenvalue weighted by Gasteiger charge is -2.18. The number of halogens is 1. The van der Waals surface area contributed by atoms with Gasteiger partial charge in [-0.05, 0) is 28.8 Å². The average molecular weight is 254 g/mol. The molecule has 3 nitrogen and oxygen atoms in total. The average Bonchev–Trinajstić information content (AvgIpc) is 2.61. The topological polar surface area (TPSA) is 52.5 Å². The number of imidazole rings is 1. The van der Waals surface area contributed by atoms with E-state index >= 15 is 0 Å². The van der Waals surface area contributed by atoms with E-state index in [2.05, 4.69) is 32.0 Å². The Balaban J connectivity index is 2.19. The molecule has 1 fully saturated rings. The lowest BCUT2D eigenvalue weighted by Crippen LogP contribution is -2.06. The SMILES string of the molecule is N#Cc1nc(C2CCCCC2)[nH]c1Br. The molecule has 1 aliphatic carbocycles. The summed E-state index contributed by atoms with van der Waals surface area (Å²) in [5, 5.41) is 8.77. The van der Waals surface area contributed by atoms with Gasteiger partial charge in [-0.3, -0.25) is 0 Å². The molecule has 0 amide bonds. The molecule has 0 spiro atoms. The van der Waals surface area contributed by atoms with E-state index in [0.717, 1.165) is 10.4 Å². The van der Waals surface area contributed by atoms with Crippen molar-refractivity contribution in [2.45, 2.75) is 38.0 Å². The second-order valence-electron chi connectivity index (χ2n) is 3.73. The first-order valence-corrected chi connectivity index (χ1v) is 5.76. The first kappa shape index (κ1) is 9.72. The number of aromatic amines is 1. The van der Waals surface area contributed by atoms with E-state index in [0.29, 0.717) is 11.6 Å². The second-order valence-corrected chi connectivity index (χ2v) is 4.52. The van der Waals surface area contributed by atoms with Gasteiger partial charge in [-0.25, -0.2) is 4.98 Å². The predicted molar refractivity (Wildman–Crippen MR) is 56.8 cm³/mol. The summed E-state index contributed by atoms with van der Waals surface area (Å²) in [6.07, 6.45) is 6.30. The summed E-state index contributed by atoms with van der Waals surface area (Å²) in [6.45, 7) is 0. The molecule has 1 saturated carbocycles. The molecule has 0 aliphatic heterocycles. The summed E-state index contributed by atoms with van der Waals surface area (Å²) >= 11 is 3.30. The molecule has 0 radical (unpaired) electrons. The zero-order chi connectivity index (χ0) is 9.97. The van der Waals surface area contributed by atoms with Gasteiger partial charge in [-0.1, -0.05) is 19.3 Å². The number of hydrogen-bond acceptors (Lipinski definition) is 2. The normalized spacial score (nSPS) is 18.0. The van der Waals surface area contributed by atoms with Crippen LogP contribution in [0, 0.1) is 11.3 Å². The third-order valence-corrected chi connectivity index (χ3v) is 3.35. The summed E-state index contributed by atoms with van der Waals surface area (Å²) in [5.74, 6) is 1.51. The van der Waals surface area contributed by atoms with Gasteiger partial charge in [0.05, 0.1) is 0 Å². The van der Waals surface area contributed by atoms with Crippen molar-refractivity contribution < 1.29 is 0 Å². The minimum Gasteiger partial charge on any atom is -0.335 e. The predicted octanol–water partition coefficient (Wildman–Crippen LogP) is 3.09. The van der Waals surface area contributed by atoms with E-state index < -0.39 is 0 Å². The van der Waals surface area contributed by atoms with Crippen LogP contribution in [0.15, 0.2) is 4.60 Å². The molecule has 1 aliphatic rings. The highest BCUT2D eigenvalue weighted by Crippen LogP contribution is 2.32. The zero-order valence-corrected chi connectivity index (χ0v) is 9.47. The summed E-state index contributed by atoms with van der Waals surface area (Å²) in [5.41, 5.74) is 0.477. The number of aromatic nitrogens is 2. The third-order valence-electron chi connectivity index (χ3n) is 2.78. The molecule has 14 heavy (non-hydrogen) atoms. The first-order valence-electron chi connectivity index (χ1n) is 4.96. The lowest BCUT2D eigenvalue weighted by atomic mass is 9.89. The van der Waals surface area contributed by atoms with Crippen molar-refractivity contribution in [3.63, 3.8) is 0 Å². The minimum atomic E-state index is 0.477. The van der Waals surface area contributed by atoms with Gasteiger partial charge in [-0.15, -0.1) is 0 Å². The van der Waals surface area contributed by atoms with Crippen LogP contribution in [-0.2, 0) is 0 Å². The summed E-state index contributed by atoms with van der Waals surface area (Å²) < 4.78 is 0.723. The van der Waals surface area contributed by atoms with Gasteiger partial charge in [0.25, 0.3) is 0 Å². The molecular formula is C10H12BrN3. The highest BCUT2D eigenvalue weighted by Gasteiger charge is 2.19. The van der Waals surface area contributed by atoms with E-state index in [1.165, 1.54) is 32.1 Å². The fourth-order valence-corrected chi connectivity index (χ4v) is 2.39. The Morgan fingerprint density at radius 3 is 2.64 bits per heavy atom. The molecule has 1 N–H and O–H groups in total. The van der Waals surface area contributed by atoms with Crippen molar-refractivity contribution in [1.29, 1.82) is 5.26 Å². The van der Waals surface area contributed by atoms with Gasteiger partial charge >= 0.3 is 0 Å². The van der Waals surface area contributed by atoms with Crippen molar-refractivity contribution in [3.05, 3.63) is 16.1 Å². The van der Waals surface area contributed by atoms with Gasteiger partial charge in [0.15, 0.2) is 5.69 Å². The van der Waals surface area contributed by atoms with E-state index in [1.807, 2.05) is 0 Å². The molecule has 1 aromatic heterocycles. The fourth-order valence-electron chi connectivity index (χ4n) is 2.01. The van der Waals surface area contributed by atoms with Crippen LogP contribution in [0.2, 0.25) is 0 Å². The van der Waals surface area contributed by atoms with Gasteiger partial charge in [0.1, 0.15) is 16.5 Å². The van der Waals surface area contributed by atoms with Crippen molar-refractivity contribution in [1.82, 2.24) is 9.97 Å². The van der Waals surface area contributed by atoms with Crippen LogP contribution >= 0.6 is 15.9 Å². The first-order chi connectivity index (χ1) is 6.81. The maximum absolute atomic E-state index is 8.77. The Morgan fingerprint density at radius 2 is 2.07 bits per heavy atom. The van der Waals surface area contributed by atoms with Gasteiger partial charge in [-0.2, -0.15) is 5.26 Å². The standard InChI is InChI=1S/C10H12BrN3/c11-9-8(6-12)13-10(14-9)7-4-2-1-3-5-7/h7H,1-5H2,(H,13,14). The molecule has 0 saturated heterocycles. The number of rotatable bonds is 1. The fraction of sp³-hybridized carbons (Fsp3) is 0.600. The van der Waals surface area contributed by atoms with E-state index in [9.17, 15) is 0 Å². The van der Waals surface area contributed by atoms with Gasteiger partial charge in [0, 0.05) is 5.92 Å². The van der Waals surface area contributed by atoms with Crippen LogP contribution in [0.5, 0.6) is 0 Å². The van der Waals surface area contributed by atoms with E-state index in [1.54, 1.807) is 0 Å². The van der Waals surface area contributed by atoms with Crippen molar-refractivity contribution in [2.75, 3.05) is 0 Å². The smallest absolute Gasteiger partial charge is 0.173 e. The van der Waals surface area contributed by atoms with Crippen LogP contribution in [0.1, 0.15) is 49.5 Å². The lowest BCUT2D eigenvalue weighted by molar-refractivity contribution is 0.430. The summed E-state index contributed by atoms with van der Waals surface area (Å²) in [6, 6.07) is 2.07. The Morgan fingerprint density at radius 1 is 1.36 bits per heavy atom. The number of nitrogens with zero attached hydrogens (tertiary/aromatic N) is 2. The maximum atomic E-state index is 8.77. The maximum Gasteiger partial charge on any atom is 0.173 e. The van der Waals surface area contributed by atoms with Crippen LogP contribution in [0.3, 0.4) is 0 Å². The Bertz CT molecular complexity index is 358. The molecule has 0 aromatic carbocycles. The van der Waals surface area contributed by atoms with Crippen molar-refractivity contribution in [2.24, 2.45) is 0 Å². The minimum absolute atomic E-state index is 0.477. The number of nitriles is 1. The van der Waals surface area contributed by atoms with E-state index in [-0.39, 0.29) is 0 Å². The summed E-state index contributed by atoms with van der Waals surface area (Å²) in [7, 11) is 0. The Hall–Kier alpha value is -0.820. The highest BCUT2D eigenvalue weighted by molar-refractivity contribution is 9.10. The number of nitrogens with one attached hydrogen (secondary N) is 1. The molecule has 2 rings (SSSR count). The van der Waals surface area contributed by atoms with E-state index in [4.69, 9.17) is 5.26 Å². The quantitative estimate of drug-likeness (QED) is 0.837. The Labute approximate surface area is 91.7 Å². The van der Waals surface area contributed by atoms with Crippen LogP contribution in [-0.4, -0.2) is 9.97 Å². The Kier molecular flexibility index (Phi) is 2.87. The molecule has 0 bridgehead atoms. The van der Waals surface area contributed by atoms with Crippen LogP contribution in [0.25, 0.3) is 0 Å². The highest BCUT2D eigenvalue weighted by atomic mass is 79.9. The molecule has 4 heteroatoms. The van der Waals surface area contributed by atoms with Gasteiger partial charge in [0.2, 0.25) is 0 Å². The molecule has 1 aromatic rings. The molecule has 0 atom stereocenters. The van der Waals surface area contributed by atoms with Crippen molar-refractivity contribution >= 4 is 15.9 Å². The van der Waals surface area contributed by atoms with Crippen LogP contribution in [0.4, 0.5) is 0 Å². The number of hydrogen-bond donors (Lipinski definition) is 1. The van der Waals surface area contributed by atoms with Crippen molar-refractivity contribution in [3.8, 4) is 6.07 Å². The largest absolute Gasteiger partial charge is 0.335 e. The van der Waals surface area contributed by atoms with Crippen LogP contribution < -0.4 is 0 Å².